The minimum absolute atomic E-state index is 0.141. The number of quaternary nitrogens is 1. The zero-order valence-electron chi connectivity index (χ0n) is 19.2. The molecule has 1 heterocycles. The molecule has 0 spiro atoms. The second kappa shape index (κ2) is 8.96. The number of nitrogens with zero attached hydrogens (tertiary/aromatic N) is 2. The number of aliphatic carboxylic acids is 1. The van der Waals surface area contributed by atoms with Crippen LogP contribution in [0.3, 0.4) is 0 Å². The number of hydrogen-bond donors (Lipinski definition) is 2. The van der Waals surface area contributed by atoms with Gasteiger partial charge >= 0.3 is 18.2 Å². The summed E-state index contributed by atoms with van der Waals surface area (Å²) < 4.78 is 19.4. The maximum atomic E-state index is 14.7. The molecule has 2 aliphatic carbocycles. The molecular formula is C26H28FN2O6+. The SMILES string of the molecule is O=C(O)COC(=O)N(C1CC1)[C@H]1c2cc(F)ccc2[N+](Cc2ccccc2)(C(=O)O)[C@@H]2CCC[C@@H]21. The summed E-state index contributed by atoms with van der Waals surface area (Å²) >= 11 is 0. The summed E-state index contributed by atoms with van der Waals surface area (Å²) in [4.78, 5) is 38.8. The molecule has 5 rings (SSSR count). The van der Waals surface area contributed by atoms with E-state index < -0.39 is 36.6 Å². The van der Waals surface area contributed by atoms with Gasteiger partial charge in [-0.1, -0.05) is 30.3 Å². The molecule has 0 saturated heterocycles. The summed E-state index contributed by atoms with van der Waals surface area (Å²) in [5, 5.41) is 19.7. The van der Waals surface area contributed by atoms with Crippen molar-refractivity contribution in [2.24, 2.45) is 5.92 Å². The molecule has 2 fully saturated rings. The predicted octanol–water partition coefficient (Wildman–Crippen LogP) is 4.92. The Morgan fingerprint density at radius 2 is 1.77 bits per heavy atom. The first-order chi connectivity index (χ1) is 16.8. The predicted molar refractivity (Wildman–Crippen MR) is 124 cm³/mol. The van der Waals surface area contributed by atoms with Crippen LogP contribution in [-0.2, 0) is 16.1 Å². The van der Waals surface area contributed by atoms with E-state index in [4.69, 9.17) is 9.84 Å². The quantitative estimate of drug-likeness (QED) is 0.565. The van der Waals surface area contributed by atoms with E-state index in [1.54, 1.807) is 4.90 Å². The van der Waals surface area contributed by atoms with Gasteiger partial charge in [-0.15, -0.1) is 0 Å². The molecule has 2 saturated carbocycles. The van der Waals surface area contributed by atoms with Crippen molar-refractivity contribution in [2.45, 2.75) is 56.8 Å². The summed E-state index contributed by atoms with van der Waals surface area (Å²) in [5.41, 5.74) is 1.78. The van der Waals surface area contributed by atoms with Crippen LogP contribution in [0.5, 0.6) is 0 Å². The summed E-state index contributed by atoms with van der Waals surface area (Å²) in [6.07, 6.45) is 1.84. The lowest BCUT2D eigenvalue weighted by Gasteiger charge is -2.50. The number of carbonyl (C=O) groups is 3. The van der Waals surface area contributed by atoms with Crippen molar-refractivity contribution in [1.29, 1.82) is 0 Å². The number of halogens is 1. The first-order valence-corrected chi connectivity index (χ1v) is 11.9. The molecule has 184 valence electrons. The normalized spacial score (nSPS) is 26.9. The second-order valence-electron chi connectivity index (χ2n) is 9.69. The molecular weight excluding hydrogens is 455 g/mol. The van der Waals surface area contributed by atoms with Crippen molar-refractivity contribution in [1.82, 2.24) is 9.38 Å². The Balaban J connectivity index is 1.66. The maximum Gasteiger partial charge on any atom is 0.519 e. The van der Waals surface area contributed by atoms with Gasteiger partial charge in [-0.05, 0) is 37.8 Å². The average Bonchev–Trinajstić information content (AvgIpc) is 3.54. The first-order valence-electron chi connectivity index (χ1n) is 11.9. The molecule has 0 aromatic heterocycles. The van der Waals surface area contributed by atoms with Crippen molar-refractivity contribution in [2.75, 3.05) is 6.61 Å². The van der Waals surface area contributed by atoms with Crippen molar-refractivity contribution in [3.63, 3.8) is 0 Å². The number of amides is 2. The molecule has 35 heavy (non-hydrogen) atoms. The van der Waals surface area contributed by atoms with E-state index >= 15 is 0 Å². The van der Waals surface area contributed by atoms with Gasteiger partial charge in [-0.25, -0.2) is 14.0 Å². The van der Waals surface area contributed by atoms with Crippen LogP contribution < -0.4 is 4.48 Å². The lowest BCUT2D eigenvalue weighted by molar-refractivity contribution is -0.140. The molecule has 1 unspecified atom stereocenters. The third-order valence-electron chi connectivity index (χ3n) is 7.63. The number of fused-ring (bicyclic) bond motifs is 2. The highest BCUT2D eigenvalue weighted by molar-refractivity contribution is 5.84. The largest absolute Gasteiger partial charge is 0.519 e. The number of carbonyl (C=O) groups excluding carboxylic acids is 1. The Morgan fingerprint density at radius 1 is 1.03 bits per heavy atom. The zero-order chi connectivity index (χ0) is 24.7. The Morgan fingerprint density at radius 3 is 2.43 bits per heavy atom. The van der Waals surface area contributed by atoms with Gasteiger partial charge in [0.15, 0.2) is 6.61 Å². The Kier molecular flexibility index (Phi) is 5.96. The molecule has 9 heteroatoms. The van der Waals surface area contributed by atoms with Crippen LogP contribution in [0.1, 0.15) is 49.3 Å². The fourth-order valence-corrected chi connectivity index (χ4v) is 6.20. The van der Waals surface area contributed by atoms with Crippen molar-refractivity contribution >= 4 is 23.8 Å². The second-order valence-corrected chi connectivity index (χ2v) is 9.69. The van der Waals surface area contributed by atoms with E-state index in [0.29, 0.717) is 24.1 Å². The van der Waals surface area contributed by atoms with Crippen LogP contribution >= 0.6 is 0 Å². The van der Waals surface area contributed by atoms with E-state index in [1.807, 2.05) is 30.3 Å². The van der Waals surface area contributed by atoms with Crippen molar-refractivity contribution < 1.29 is 33.7 Å². The minimum Gasteiger partial charge on any atom is -0.479 e. The van der Waals surface area contributed by atoms with Crippen LogP contribution in [0.2, 0.25) is 0 Å². The fourth-order valence-electron chi connectivity index (χ4n) is 6.20. The van der Waals surface area contributed by atoms with Crippen molar-refractivity contribution in [3.05, 3.63) is 65.5 Å². The van der Waals surface area contributed by atoms with E-state index in [-0.39, 0.29) is 29.0 Å². The van der Waals surface area contributed by atoms with Crippen LogP contribution in [0.4, 0.5) is 19.7 Å². The van der Waals surface area contributed by atoms with E-state index in [1.165, 1.54) is 18.2 Å². The van der Waals surface area contributed by atoms with Crippen molar-refractivity contribution in [3.8, 4) is 0 Å². The van der Waals surface area contributed by atoms with Gasteiger partial charge < -0.3 is 14.9 Å². The highest BCUT2D eigenvalue weighted by atomic mass is 19.1. The monoisotopic (exact) mass is 483 g/mol. The van der Waals surface area contributed by atoms with Gasteiger partial charge in [0.2, 0.25) is 0 Å². The maximum absolute atomic E-state index is 14.7. The third kappa shape index (κ3) is 4.03. The number of carboxylic acids is 1. The van der Waals surface area contributed by atoms with Gasteiger partial charge in [0.1, 0.15) is 24.1 Å². The average molecular weight is 484 g/mol. The number of benzene rings is 2. The number of ether oxygens (including phenoxy) is 1. The van der Waals surface area contributed by atoms with Crippen LogP contribution in [0.15, 0.2) is 48.5 Å². The lowest BCUT2D eigenvalue weighted by Crippen LogP contribution is -2.65. The van der Waals surface area contributed by atoms with Gasteiger partial charge in [0.05, 0.1) is 6.04 Å². The molecule has 1 aliphatic heterocycles. The smallest absolute Gasteiger partial charge is 0.479 e. The lowest BCUT2D eigenvalue weighted by atomic mass is 9.79. The number of rotatable bonds is 6. The van der Waals surface area contributed by atoms with Crippen LogP contribution in [0.25, 0.3) is 0 Å². The number of carboxylic acid groups (broad SMARTS) is 2. The van der Waals surface area contributed by atoms with Crippen LogP contribution in [0, 0.1) is 11.7 Å². The molecule has 2 N–H and O–H groups in total. The molecule has 0 bridgehead atoms. The Hall–Kier alpha value is -3.46. The molecule has 8 nitrogen and oxygen atoms in total. The molecule has 2 amide bonds. The molecule has 3 aliphatic rings. The van der Waals surface area contributed by atoms with E-state index in [9.17, 15) is 23.9 Å². The summed E-state index contributed by atoms with van der Waals surface area (Å²) in [7, 11) is 0. The molecule has 4 atom stereocenters. The zero-order valence-corrected chi connectivity index (χ0v) is 19.2. The fraction of sp³-hybridized carbons (Fsp3) is 0.423. The summed E-state index contributed by atoms with van der Waals surface area (Å²) in [6, 6.07) is 12.5. The topological polar surface area (TPSA) is 104 Å². The molecule has 2 aromatic carbocycles. The standard InChI is InChI=1S/C26H27FN2O6/c27-17-9-12-22-20(13-17)24(28(18-10-11-18)25(32)35-15-23(30)31)19-7-4-8-21(19)29(22,26(33)34)14-16-5-2-1-3-6-16/h1-3,5-6,9,12-13,18-19,21,24H,4,7-8,10-11,14-15H2,(H-,30,31,33,34)/p+1/t19-,21+,24+,29?/m0/s1. The van der Waals surface area contributed by atoms with Gasteiger partial charge in [-0.2, -0.15) is 9.28 Å². The first kappa shape index (κ1) is 23.3. The Labute approximate surface area is 202 Å². The van der Waals surface area contributed by atoms with E-state index in [2.05, 4.69) is 0 Å². The third-order valence-corrected chi connectivity index (χ3v) is 7.63. The summed E-state index contributed by atoms with van der Waals surface area (Å²) in [6.45, 7) is -0.558. The van der Waals surface area contributed by atoms with E-state index in [0.717, 1.165) is 24.8 Å². The minimum atomic E-state index is -1.26. The van der Waals surface area contributed by atoms with Gasteiger partial charge in [-0.3, -0.25) is 4.90 Å². The highest BCUT2D eigenvalue weighted by Crippen LogP contribution is 2.56. The molecule has 0 radical (unpaired) electrons. The highest BCUT2D eigenvalue weighted by Gasteiger charge is 2.61. The van der Waals surface area contributed by atoms with Gasteiger partial charge in [0.25, 0.3) is 0 Å². The van der Waals surface area contributed by atoms with Crippen LogP contribution in [-0.4, -0.2) is 52.0 Å². The Bertz CT molecular complexity index is 1150. The summed E-state index contributed by atoms with van der Waals surface area (Å²) in [5.74, 6) is -2.00. The van der Waals surface area contributed by atoms with Gasteiger partial charge in [0, 0.05) is 35.6 Å². The molecule has 2 aromatic rings. The number of hydrogen-bond acceptors (Lipinski definition) is 4.